The second-order valence-corrected chi connectivity index (χ2v) is 11.0. The van der Waals surface area contributed by atoms with Crippen LogP contribution in [0.1, 0.15) is 56.8 Å². The summed E-state index contributed by atoms with van der Waals surface area (Å²) in [4.78, 5) is 12.5. The maximum absolute atomic E-state index is 12.7. The van der Waals surface area contributed by atoms with Crippen molar-refractivity contribution in [2.24, 2.45) is 16.4 Å². The number of anilines is 1. The molecular weight excluding hydrogens is 434 g/mol. The Balaban J connectivity index is 1.67. The molecule has 1 fully saturated rings. The van der Waals surface area contributed by atoms with Crippen molar-refractivity contribution in [1.29, 1.82) is 0 Å². The number of carbonyl (C=O) groups is 1. The average molecular weight is 462 g/mol. The zero-order chi connectivity index (χ0) is 22.6. The second-order valence-electron chi connectivity index (χ2n) is 8.87. The van der Waals surface area contributed by atoms with Crippen LogP contribution in [0.2, 0.25) is 5.02 Å². The van der Waals surface area contributed by atoms with Crippen molar-refractivity contribution in [3.8, 4) is 0 Å². The van der Waals surface area contributed by atoms with Crippen LogP contribution in [0.5, 0.6) is 0 Å². The number of rotatable bonds is 5. The number of hydrazone groups is 1. The molecule has 2 aromatic carbocycles. The Morgan fingerprint density at radius 3 is 2.39 bits per heavy atom. The molecule has 2 aromatic rings. The molecule has 0 atom stereocenters. The first-order valence-electron chi connectivity index (χ1n) is 10.3. The van der Waals surface area contributed by atoms with Gasteiger partial charge in [0.05, 0.1) is 15.6 Å². The molecular formula is C23H28ClN3O3S. The Kier molecular flexibility index (Phi) is 7.06. The van der Waals surface area contributed by atoms with E-state index >= 15 is 0 Å². The minimum Gasteiger partial charge on any atom is -0.278 e. The van der Waals surface area contributed by atoms with Gasteiger partial charge in [-0.05, 0) is 67.3 Å². The largest absolute Gasteiger partial charge is 0.278 e. The van der Waals surface area contributed by atoms with Gasteiger partial charge in [-0.3, -0.25) is 9.52 Å². The topological polar surface area (TPSA) is 87.6 Å². The highest BCUT2D eigenvalue weighted by Gasteiger charge is 2.28. The van der Waals surface area contributed by atoms with Crippen LogP contribution >= 0.6 is 11.6 Å². The van der Waals surface area contributed by atoms with E-state index in [9.17, 15) is 13.2 Å². The molecule has 1 saturated carbocycles. The van der Waals surface area contributed by atoms with Crippen LogP contribution in [-0.4, -0.2) is 20.0 Å². The summed E-state index contributed by atoms with van der Waals surface area (Å²) in [5.41, 5.74) is 4.31. The molecule has 0 saturated heterocycles. The molecule has 3 rings (SSSR count). The zero-order valence-electron chi connectivity index (χ0n) is 18.0. The quantitative estimate of drug-likeness (QED) is 0.579. The van der Waals surface area contributed by atoms with Gasteiger partial charge in [0.15, 0.2) is 0 Å². The summed E-state index contributed by atoms with van der Waals surface area (Å²) in [6.07, 6.45) is 3.83. The molecule has 0 unspecified atom stereocenters. The zero-order valence-corrected chi connectivity index (χ0v) is 19.6. The number of amides is 1. The predicted molar refractivity (Wildman–Crippen MR) is 125 cm³/mol. The number of benzene rings is 2. The molecule has 1 aliphatic rings. The van der Waals surface area contributed by atoms with Gasteiger partial charge in [-0.1, -0.05) is 50.6 Å². The first kappa shape index (κ1) is 23.3. The molecule has 0 bridgehead atoms. The summed E-state index contributed by atoms with van der Waals surface area (Å²) in [6.45, 7) is 6.76. The van der Waals surface area contributed by atoms with Crippen molar-refractivity contribution in [1.82, 2.24) is 5.43 Å². The Labute approximate surface area is 189 Å². The number of nitrogens with one attached hydrogen (secondary N) is 2. The van der Waals surface area contributed by atoms with Crippen molar-refractivity contribution in [3.05, 3.63) is 59.1 Å². The minimum absolute atomic E-state index is 0.0293. The number of carbonyl (C=O) groups excluding carboxylic acids is 1. The lowest BCUT2D eigenvalue weighted by atomic mass is 9.72. The molecule has 0 aliphatic heterocycles. The maximum Gasteiger partial charge on any atom is 0.271 e. The molecule has 2 N–H and O–H groups in total. The summed E-state index contributed by atoms with van der Waals surface area (Å²) in [5.74, 6) is 0.204. The van der Waals surface area contributed by atoms with E-state index in [4.69, 9.17) is 11.6 Å². The van der Waals surface area contributed by atoms with Crippen LogP contribution in [0.3, 0.4) is 0 Å². The smallest absolute Gasteiger partial charge is 0.271 e. The van der Waals surface area contributed by atoms with E-state index in [0.29, 0.717) is 5.92 Å². The van der Waals surface area contributed by atoms with E-state index in [1.165, 1.54) is 18.2 Å². The first-order chi connectivity index (χ1) is 14.6. The Bertz CT molecular complexity index is 1080. The average Bonchev–Trinajstić information content (AvgIpc) is 2.73. The van der Waals surface area contributed by atoms with Gasteiger partial charge in [-0.15, -0.1) is 0 Å². The molecule has 0 aromatic heterocycles. The monoisotopic (exact) mass is 461 g/mol. The highest BCUT2D eigenvalue weighted by molar-refractivity contribution is 7.92. The number of sulfonamides is 1. The predicted octanol–water partition coefficient (Wildman–Crippen LogP) is 5.46. The van der Waals surface area contributed by atoms with E-state index in [2.05, 4.69) is 36.0 Å². The van der Waals surface area contributed by atoms with Gasteiger partial charge in [-0.25, -0.2) is 13.8 Å². The number of para-hydroxylation sites is 1. The third-order valence-corrected chi connectivity index (χ3v) is 7.32. The first-order valence-corrected chi connectivity index (χ1v) is 12.2. The van der Waals surface area contributed by atoms with Gasteiger partial charge in [0.25, 0.3) is 15.9 Å². The molecule has 6 nitrogen and oxygen atoms in total. The third-order valence-electron chi connectivity index (χ3n) is 5.63. The normalized spacial score (nSPS) is 17.2. The minimum atomic E-state index is -3.90. The maximum atomic E-state index is 12.7. The fraction of sp³-hybridized carbons (Fsp3) is 0.391. The van der Waals surface area contributed by atoms with E-state index in [1.807, 2.05) is 0 Å². The molecule has 0 heterocycles. The summed E-state index contributed by atoms with van der Waals surface area (Å²) in [6, 6.07) is 12.4. The van der Waals surface area contributed by atoms with Gasteiger partial charge >= 0.3 is 0 Å². The van der Waals surface area contributed by atoms with Crippen molar-refractivity contribution >= 4 is 38.9 Å². The van der Waals surface area contributed by atoms with Crippen LogP contribution in [0.25, 0.3) is 0 Å². The fourth-order valence-electron chi connectivity index (χ4n) is 3.68. The van der Waals surface area contributed by atoms with Crippen molar-refractivity contribution in [3.63, 3.8) is 0 Å². The van der Waals surface area contributed by atoms with Gasteiger partial charge < -0.3 is 0 Å². The van der Waals surface area contributed by atoms with Crippen LogP contribution in [0.15, 0.2) is 58.5 Å². The SMILES string of the molecule is CC(C)(C)C1CCC(=NNC(=O)c2cccc(S(=O)(=O)Nc3ccccc3Cl)c2)CC1. The highest BCUT2D eigenvalue weighted by atomic mass is 35.5. The molecule has 1 aliphatic carbocycles. The van der Waals surface area contributed by atoms with Crippen LogP contribution < -0.4 is 10.1 Å². The Morgan fingerprint density at radius 2 is 1.74 bits per heavy atom. The molecule has 8 heteroatoms. The second kappa shape index (κ2) is 9.40. The van der Waals surface area contributed by atoms with E-state index in [-0.39, 0.29) is 26.6 Å². The Hall–Kier alpha value is -2.38. The van der Waals surface area contributed by atoms with Crippen LogP contribution in [-0.2, 0) is 10.0 Å². The molecule has 1 amide bonds. The number of halogens is 1. The number of hydrogen-bond acceptors (Lipinski definition) is 4. The number of nitrogens with zero attached hydrogens (tertiary/aromatic N) is 1. The van der Waals surface area contributed by atoms with Gasteiger partial charge in [0, 0.05) is 11.3 Å². The fourth-order valence-corrected chi connectivity index (χ4v) is 5.04. The highest BCUT2D eigenvalue weighted by Crippen LogP contribution is 2.36. The lowest BCUT2D eigenvalue weighted by Crippen LogP contribution is -2.27. The third kappa shape index (κ3) is 6.08. The van der Waals surface area contributed by atoms with E-state index in [0.717, 1.165) is 31.4 Å². The molecule has 31 heavy (non-hydrogen) atoms. The summed E-state index contributed by atoms with van der Waals surface area (Å²) >= 11 is 6.04. The lowest BCUT2D eigenvalue weighted by molar-refractivity contribution is 0.0954. The molecule has 0 radical (unpaired) electrons. The lowest BCUT2D eigenvalue weighted by Gasteiger charge is -2.34. The molecule has 0 spiro atoms. The van der Waals surface area contributed by atoms with Gasteiger partial charge in [-0.2, -0.15) is 5.10 Å². The molecule has 166 valence electrons. The van der Waals surface area contributed by atoms with Crippen LogP contribution in [0.4, 0.5) is 5.69 Å². The van der Waals surface area contributed by atoms with Gasteiger partial charge in [0.1, 0.15) is 0 Å². The standard InChI is InChI=1S/C23H28ClN3O3S/c1-23(2,3)17-11-13-18(14-12-17)25-26-22(28)16-7-6-8-19(15-16)31(29,30)27-21-10-5-4-9-20(21)24/h4-10,15,17,27H,11-14H2,1-3H3,(H,26,28). The van der Waals surface area contributed by atoms with E-state index in [1.54, 1.807) is 30.3 Å². The summed E-state index contributed by atoms with van der Waals surface area (Å²) < 4.78 is 27.9. The Morgan fingerprint density at radius 1 is 1.06 bits per heavy atom. The van der Waals surface area contributed by atoms with E-state index < -0.39 is 15.9 Å². The summed E-state index contributed by atoms with van der Waals surface area (Å²) in [5, 5.41) is 4.57. The van der Waals surface area contributed by atoms with Crippen molar-refractivity contribution in [2.75, 3.05) is 4.72 Å². The number of hydrogen-bond donors (Lipinski definition) is 2. The van der Waals surface area contributed by atoms with Crippen LogP contribution in [0, 0.1) is 11.3 Å². The van der Waals surface area contributed by atoms with Crippen molar-refractivity contribution < 1.29 is 13.2 Å². The van der Waals surface area contributed by atoms with Gasteiger partial charge in [0.2, 0.25) is 0 Å². The summed E-state index contributed by atoms with van der Waals surface area (Å²) in [7, 11) is -3.90. The van der Waals surface area contributed by atoms with Crippen molar-refractivity contribution in [2.45, 2.75) is 51.3 Å².